The number of fused-ring (bicyclic) bond motifs is 16. The smallest absolute Gasteiger partial charge is 0.0972 e. The van der Waals surface area contributed by atoms with Crippen LogP contribution >= 0.6 is 0 Å². The molecule has 4 heterocycles. The standard InChI is InChI=1S/C49H28N4/c1-3-11-39-35(9-1)37-21-17-33(43-23-19-31-15-13-29-7-5-25-50-45(29)47(31)52-43)27-41(37)49(39)40-12-4-2-10-36(40)38-22-18-34(28-42(38)49)44-24-20-32-16-14-30-8-6-26-51-46(30)48(32)53-44/h1-28H. The number of aromatic nitrogens is 4. The summed E-state index contributed by atoms with van der Waals surface area (Å²) in [6.07, 6.45) is 3.70. The summed E-state index contributed by atoms with van der Waals surface area (Å²) in [5, 5.41) is 4.35. The summed E-state index contributed by atoms with van der Waals surface area (Å²) in [5.41, 5.74) is 17.4. The molecule has 0 bridgehead atoms. The molecule has 0 N–H and O–H groups in total. The van der Waals surface area contributed by atoms with E-state index in [4.69, 9.17) is 19.9 Å². The average molecular weight is 673 g/mol. The van der Waals surface area contributed by atoms with Gasteiger partial charge in [-0.2, -0.15) is 0 Å². The number of pyridine rings is 4. The summed E-state index contributed by atoms with van der Waals surface area (Å²) in [7, 11) is 0. The van der Waals surface area contributed by atoms with Crippen molar-refractivity contribution in [3.05, 3.63) is 192 Å². The predicted octanol–water partition coefficient (Wildman–Crippen LogP) is 11.6. The van der Waals surface area contributed by atoms with Crippen molar-refractivity contribution in [3.8, 4) is 44.8 Å². The fraction of sp³-hybridized carbons (Fsp3) is 0.0204. The molecule has 1 spiro atoms. The zero-order chi connectivity index (χ0) is 34.7. The number of benzene rings is 6. The molecular weight excluding hydrogens is 645 g/mol. The zero-order valence-corrected chi connectivity index (χ0v) is 28.5. The molecule has 0 saturated heterocycles. The maximum absolute atomic E-state index is 5.28. The number of nitrogens with zero attached hydrogens (tertiary/aromatic N) is 4. The maximum Gasteiger partial charge on any atom is 0.0972 e. The number of hydrogen-bond acceptors (Lipinski definition) is 4. The van der Waals surface area contributed by atoms with Crippen LogP contribution in [-0.4, -0.2) is 19.9 Å². The van der Waals surface area contributed by atoms with Gasteiger partial charge in [0.1, 0.15) is 0 Å². The van der Waals surface area contributed by atoms with Gasteiger partial charge in [0.15, 0.2) is 0 Å². The second kappa shape index (κ2) is 10.5. The molecule has 4 nitrogen and oxygen atoms in total. The van der Waals surface area contributed by atoms with Crippen molar-refractivity contribution < 1.29 is 0 Å². The van der Waals surface area contributed by atoms with Crippen molar-refractivity contribution in [1.82, 2.24) is 19.9 Å². The molecule has 0 aliphatic heterocycles. The van der Waals surface area contributed by atoms with Crippen molar-refractivity contribution in [2.45, 2.75) is 5.41 Å². The molecule has 53 heavy (non-hydrogen) atoms. The summed E-state index contributed by atoms with van der Waals surface area (Å²) in [5.74, 6) is 0. The van der Waals surface area contributed by atoms with E-state index in [1.54, 1.807) is 0 Å². The molecule has 12 rings (SSSR count). The van der Waals surface area contributed by atoms with Crippen LogP contribution in [0.2, 0.25) is 0 Å². The topological polar surface area (TPSA) is 51.6 Å². The van der Waals surface area contributed by atoms with Crippen LogP contribution in [-0.2, 0) is 5.41 Å². The lowest BCUT2D eigenvalue weighted by molar-refractivity contribution is 0.794. The van der Waals surface area contributed by atoms with Gasteiger partial charge in [-0.25, -0.2) is 9.97 Å². The monoisotopic (exact) mass is 672 g/mol. The van der Waals surface area contributed by atoms with Gasteiger partial charge in [0.05, 0.1) is 38.9 Å². The lowest BCUT2D eigenvalue weighted by Crippen LogP contribution is -2.26. The molecule has 0 atom stereocenters. The Morgan fingerprint density at radius 2 is 0.736 bits per heavy atom. The van der Waals surface area contributed by atoms with Crippen LogP contribution in [0.1, 0.15) is 22.3 Å². The Morgan fingerprint density at radius 3 is 1.23 bits per heavy atom. The first-order chi connectivity index (χ1) is 26.3. The van der Waals surface area contributed by atoms with E-state index in [-0.39, 0.29) is 0 Å². The molecule has 2 aliphatic carbocycles. The second-order valence-electron chi connectivity index (χ2n) is 14.2. The molecule has 6 aromatic carbocycles. The molecule has 0 amide bonds. The highest BCUT2D eigenvalue weighted by atomic mass is 14.8. The lowest BCUT2D eigenvalue weighted by Gasteiger charge is -2.31. The Hall–Kier alpha value is -7.04. The Morgan fingerprint density at radius 1 is 0.321 bits per heavy atom. The molecular formula is C49H28N4. The Labute approximate surface area is 305 Å². The van der Waals surface area contributed by atoms with Crippen LogP contribution in [0.5, 0.6) is 0 Å². The molecule has 0 fully saturated rings. The molecule has 0 unspecified atom stereocenters. The van der Waals surface area contributed by atoms with E-state index < -0.39 is 5.41 Å². The first kappa shape index (κ1) is 28.6. The van der Waals surface area contributed by atoms with Crippen LogP contribution < -0.4 is 0 Å². The third kappa shape index (κ3) is 3.84. The summed E-state index contributed by atoms with van der Waals surface area (Å²) in [6, 6.07) is 57.1. The first-order valence-corrected chi connectivity index (χ1v) is 18.0. The zero-order valence-electron chi connectivity index (χ0n) is 28.5. The lowest BCUT2D eigenvalue weighted by atomic mass is 9.70. The van der Waals surface area contributed by atoms with E-state index in [9.17, 15) is 0 Å². The summed E-state index contributed by atoms with van der Waals surface area (Å²) in [6.45, 7) is 0. The fourth-order valence-corrected chi connectivity index (χ4v) is 9.23. The third-order valence-corrected chi connectivity index (χ3v) is 11.5. The minimum absolute atomic E-state index is 0.514. The largest absolute Gasteiger partial charge is 0.254 e. The minimum atomic E-state index is -0.514. The van der Waals surface area contributed by atoms with Gasteiger partial charge in [-0.3, -0.25) is 9.97 Å². The minimum Gasteiger partial charge on any atom is -0.254 e. The highest BCUT2D eigenvalue weighted by Gasteiger charge is 2.51. The van der Waals surface area contributed by atoms with E-state index in [0.717, 1.165) is 66.1 Å². The van der Waals surface area contributed by atoms with E-state index in [1.165, 1.54) is 44.5 Å². The maximum atomic E-state index is 5.28. The van der Waals surface area contributed by atoms with E-state index in [1.807, 2.05) is 24.5 Å². The summed E-state index contributed by atoms with van der Waals surface area (Å²) >= 11 is 0. The third-order valence-electron chi connectivity index (χ3n) is 11.5. The van der Waals surface area contributed by atoms with Crippen molar-refractivity contribution in [3.63, 3.8) is 0 Å². The molecule has 10 aromatic rings. The van der Waals surface area contributed by atoms with Gasteiger partial charge in [-0.1, -0.05) is 121 Å². The summed E-state index contributed by atoms with van der Waals surface area (Å²) in [4.78, 5) is 20.0. The van der Waals surface area contributed by atoms with E-state index >= 15 is 0 Å². The van der Waals surface area contributed by atoms with Crippen LogP contribution in [0.4, 0.5) is 0 Å². The molecule has 4 heteroatoms. The van der Waals surface area contributed by atoms with Gasteiger partial charge in [0, 0.05) is 45.1 Å². The van der Waals surface area contributed by atoms with Gasteiger partial charge in [-0.05, 0) is 80.9 Å². The fourth-order valence-electron chi connectivity index (χ4n) is 9.23. The first-order valence-electron chi connectivity index (χ1n) is 18.0. The van der Waals surface area contributed by atoms with E-state index in [2.05, 4.69) is 146 Å². The normalized spacial score (nSPS) is 13.4. The van der Waals surface area contributed by atoms with Gasteiger partial charge in [0.2, 0.25) is 0 Å². The quantitative estimate of drug-likeness (QED) is 0.172. The predicted molar refractivity (Wildman–Crippen MR) is 215 cm³/mol. The second-order valence-corrected chi connectivity index (χ2v) is 14.2. The van der Waals surface area contributed by atoms with Gasteiger partial charge >= 0.3 is 0 Å². The van der Waals surface area contributed by atoms with Crippen LogP contribution in [0, 0.1) is 0 Å². The highest BCUT2D eigenvalue weighted by molar-refractivity contribution is 6.05. The molecule has 2 aliphatic rings. The number of rotatable bonds is 2. The SMILES string of the molecule is c1ccc2c(c1)-c1ccc(-c3ccc4ccc5cccnc5c4n3)cc1C21c2ccccc2-c2ccc(-c3ccc4ccc5cccnc5c4n3)cc21. The van der Waals surface area contributed by atoms with Gasteiger partial charge in [-0.15, -0.1) is 0 Å². The summed E-state index contributed by atoms with van der Waals surface area (Å²) < 4.78 is 0. The molecule has 0 radical (unpaired) electrons. The number of hydrogen-bond donors (Lipinski definition) is 0. The molecule has 244 valence electrons. The van der Waals surface area contributed by atoms with Crippen molar-refractivity contribution >= 4 is 43.6 Å². The Kier molecular flexibility index (Phi) is 5.67. The van der Waals surface area contributed by atoms with Gasteiger partial charge in [0.25, 0.3) is 0 Å². The highest BCUT2D eigenvalue weighted by Crippen LogP contribution is 2.63. The van der Waals surface area contributed by atoms with Crippen molar-refractivity contribution in [1.29, 1.82) is 0 Å². The van der Waals surface area contributed by atoms with Crippen LogP contribution in [0.15, 0.2) is 170 Å². The molecule has 0 saturated carbocycles. The average Bonchev–Trinajstić information content (AvgIpc) is 3.70. The van der Waals surface area contributed by atoms with Gasteiger partial charge < -0.3 is 0 Å². The molecule has 4 aromatic heterocycles. The Bertz CT molecular complexity index is 2980. The van der Waals surface area contributed by atoms with Crippen LogP contribution in [0.25, 0.3) is 88.4 Å². The van der Waals surface area contributed by atoms with Crippen molar-refractivity contribution in [2.24, 2.45) is 0 Å². The Balaban J connectivity index is 1.11. The van der Waals surface area contributed by atoms with E-state index in [0.29, 0.717) is 0 Å². The van der Waals surface area contributed by atoms with Crippen molar-refractivity contribution in [2.75, 3.05) is 0 Å². The van der Waals surface area contributed by atoms with Crippen LogP contribution in [0.3, 0.4) is 0 Å².